The average Bonchev–Trinajstić information content (AvgIpc) is 2.89. The van der Waals surface area contributed by atoms with Crippen LogP contribution in [-0.4, -0.2) is 34.0 Å². The number of aromatic nitrogens is 3. The van der Waals surface area contributed by atoms with Gasteiger partial charge in [0.25, 0.3) is 5.56 Å². The molecule has 0 spiro atoms. The van der Waals surface area contributed by atoms with Crippen LogP contribution in [0.5, 0.6) is 0 Å². The first-order valence-corrected chi connectivity index (χ1v) is 11.7. The molecule has 0 saturated carbocycles. The lowest BCUT2D eigenvalue weighted by atomic mass is 9.98. The van der Waals surface area contributed by atoms with Crippen molar-refractivity contribution in [1.82, 2.24) is 14.5 Å². The number of nitrogen functional groups attached to an aromatic ring is 1. The van der Waals surface area contributed by atoms with Crippen LogP contribution in [0.3, 0.4) is 0 Å². The van der Waals surface area contributed by atoms with Crippen LogP contribution in [0.2, 0.25) is 0 Å². The largest absolute Gasteiger partial charge is 0.381 e. The molecule has 0 amide bonds. The van der Waals surface area contributed by atoms with Crippen molar-refractivity contribution in [2.75, 3.05) is 18.9 Å². The van der Waals surface area contributed by atoms with Gasteiger partial charge in [-0.1, -0.05) is 26.0 Å². The van der Waals surface area contributed by atoms with Crippen molar-refractivity contribution in [3.63, 3.8) is 0 Å². The predicted octanol–water partition coefficient (Wildman–Crippen LogP) is 5.16. The maximum Gasteiger partial charge on any atom is 0.295 e. The van der Waals surface area contributed by atoms with E-state index in [4.69, 9.17) is 10.5 Å². The van der Waals surface area contributed by atoms with Gasteiger partial charge in [0.1, 0.15) is 11.3 Å². The Bertz CT molecular complexity index is 1260. The average molecular weight is 478 g/mol. The van der Waals surface area contributed by atoms with E-state index in [2.05, 4.69) is 28.5 Å². The topological polar surface area (TPSA) is 95.4 Å². The van der Waals surface area contributed by atoms with Gasteiger partial charge in [0.15, 0.2) is 11.5 Å². The molecule has 0 unspecified atom stereocenters. The molecular weight excluding hydrogens is 445 g/mol. The van der Waals surface area contributed by atoms with Crippen LogP contribution >= 0.6 is 0 Å². The van der Waals surface area contributed by atoms with Gasteiger partial charge in [-0.3, -0.25) is 14.4 Å². The molecule has 35 heavy (non-hydrogen) atoms. The molecule has 1 aromatic carbocycles. The van der Waals surface area contributed by atoms with E-state index < -0.39 is 5.56 Å². The van der Waals surface area contributed by atoms with Crippen LogP contribution in [-0.2, 0) is 11.3 Å². The lowest BCUT2D eigenvalue weighted by Gasteiger charge is -2.19. The molecule has 1 aliphatic heterocycles. The normalized spacial score (nSPS) is 14.7. The standard InChI is InChI=1S/C20H18FN5O.C7H14O/c1-3-13(2)12-23-10-11-26-19-17(24-18(22)20(26)27)9-8-16(25-19)14-4-6-15(21)7-5-14;1-2-7-3-5-8-6-4-7/h3-10,12H,1,11H2,2H3,(H2,22,24);7H,2-6H2,1H3/b13-12-,23-10?;. The van der Waals surface area contributed by atoms with Crippen molar-refractivity contribution in [2.24, 2.45) is 10.9 Å². The molecular formula is C27H32FN5O2. The van der Waals surface area contributed by atoms with Crippen molar-refractivity contribution in [1.29, 1.82) is 0 Å². The van der Waals surface area contributed by atoms with E-state index in [0.717, 1.165) is 30.3 Å². The molecule has 8 heteroatoms. The van der Waals surface area contributed by atoms with Gasteiger partial charge in [0, 0.05) is 31.2 Å². The van der Waals surface area contributed by atoms with Gasteiger partial charge in [-0.2, -0.15) is 0 Å². The molecule has 0 bridgehead atoms. The molecule has 4 rings (SSSR count). The number of benzene rings is 1. The number of hydrogen-bond acceptors (Lipinski definition) is 6. The number of ether oxygens (including phenoxy) is 1. The summed E-state index contributed by atoms with van der Waals surface area (Å²) in [6.45, 7) is 9.96. The Kier molecular flexibility index (Phi) is 9.43. The number of rotatable bonds is 6. The zero-order valence-corrected chi connectivity index (χ0v) is 20.3. The summed E-state index contributed by atoms with van der Waals surface area (Å²) in [5, 5.41) is 0. The summed E-state index contributed by atoms with van der Waals surface area (Å²) in [7, 11) is 0. The molecule has 3 heterocycles. The van der Waals surface area contributed by atoms with Crippen molar-refractivity contribution in [3.8, 4) is 11.3 Å². The van der Waals surface area contributed by atoms with E-state index in [0.29, 0.717) is 16.9 Å². The fourth-order valence-corrected chi connectivity index (χ4v) is 3.60. The molecule has 0 radical (unpaired) electrons. The first kappa shape index (κ1) is 26.0. The summed E-state index contributed by atoms with van der Waals surface area (Å²) >= 11 is 0. The summed E-state index contributed by atoms with van der Waals surface area (Å²) in [5.74, 6) is 0.527. The van der Waals surface area contributed by atoms with Gasteiger partial charge in [0.05, 0.1) is 12.2 Å². The van der Waals surface area contributed by atoms with Crippen molar-refractivity contribution >= 4 is 23.2 Å². The highest BCUT2D eigenvalue weighted by molar-refractivity contribution is 5.77. The van der Waals surface area contributed by atoms with Crippen LogP contribution in [0.1, 0.15) is 33.1 Å². The van der Waals surface area contributed by atoms with E-state index in [-0.39, 0.29) is 18.2 Å². The monoisotopic (exact) mass is 477 g/mol. The Morgan fingerprint density at radius 2 is 1.94 bits per heavy atom. The maximum atomic E-state index is 13.2. The fraction of sp³-hybridized carbons (Fsp3) is 0.333. The Morgan fingerprint density at radius 3 is 2.57 bits per heavy atom. The Balaban J connectivity index is 0.000000363. The minimum atomic E-state index is -0.442. The molecule has 0 aliphatic carbocycles. The number of aliphatic imine (C=N–C) groups is 1. The molecule has 7 nitrogen and oxygen atoms in total. The Hall–Kier alpha value is -3.65. The zero-order valence-electron chi connectivity index (χ0n) is 20.3. The second-order valence-corrected chi connectivity index (χ2v) is 8.33. The number of nitrogens with two attached hydrogens (primary N) is 1. The Labute approximate surface area is 204 Å². The highest BCUT2D eigenvalue weighted by Crippen LogP contribution is 2.20. The van der Waals surface area contributed by atoms with E-state index in [1.54, 1.807) is 42.8 Å². The third-order valence-electron chi connectivity index (χ3n) is 5.84. The molecule has 2 aromatic heterocycles. The number of anilines is 1. The number of fused-ring (bicyclic) bond motifs is 1. The number of nitrogens with zero attached hydrogens (tertiary/aromatic N) is 4. The summed E-state index contributed by atoms with van der Waals surface area (Å²) in [5.41, 5.74) is 8.40. The van der Waals surface area contributed by atoms with Crippen LogP contribution in [0.25, 0.3) is 22.4 Å². The van der Waals surface area contributed by atoms with Crippen LogP contribution < -0.4 is 11.3 Å². The molecule has 3 aromatic rings. The van der Waals surface area contributed by atoms with Crippen LogP contribution in [0, 0.1) is 11.7 Å². The molecule has 1 aliphatic rings. The van der Waals surface area contributed by atoms with E-state index in [9.17, 15) is 9.18 Å². The number of pyridine rings is 1. The molecule has 0 atom stereocenters. The molecule has 2 N–H and O–H groups in total. The minimum absolute atomic E-state index is 0.106. The third kappa shape index (κ3) is 7.16. The van der Waals surface area contributed by atoms with Gasteiger partial charge >= 0.3 is 0 Å². The van der Waals surface area contributed by atoms with Crippen molar-refractivity contribution in [2.45, 2.75) is 39.7 Å². The van der Waals surface area contributed by atoms with Gasteiger partial charge < -0.3 is 10.5 Å². The van der Waals surface area contributed by atoms with E-state index in [1.807, 2.05) is 6.92 Å². The smallest absolute Gasteiger partial charge is 0.295 e. The van der Waals surface area contributed by atoms with Gasteiger partial charge in [-0.25, -0.2) is 14.4 Å². The quantitative estimate of drug-likeness (QED) is 0.391. The zero-order chi connectivity index (χ0) is 25.2. The van der Waals surface area contributed by atoms with Crippen molar-refractivity contribution in [3.05, 3.63) is 77.0 Å². The lowest BCUT2D eigenvalue weighted by Crippen LogP contribution is -2.26. The summed E-state index contributed by atoms with van der Waals surface area (Å²) < 4.78 is 19.8. The van der Waals surface area contributed by atoms with Crippen LogP contribution in [0.4, 0.5) is 10.2 Å². The summed E-state index contributed by atoms with van der Waals surface area (Å²) in [4.78, 5) is 25.3. The third-order valence-corrected chi connectivity index (χ3v) is 5.84. The van der Waals surface area contributed by atoms with Crippen molar-refractivity contribution < 1.29 is 9.13 Å². The second-order valence-electron chi connectivity index (χ2n) is 8.33. The number of allylic oxidation sites excluding steroid dienone is 2. The van der Waals surface area contributed by atoms with Gasteiger partial charge in [-0.05, 0) is 67.7 Å². The van der Waals surface area contributed by atoms with Gasteiger partial charge in [0.2, 0.25) is 0 Å². The highest BCUT2D eigenvalue weighted by Gasteiger charge is 2.11. The first-order valence-electron chi connectivity index (χ1n) is 11.7. The maximum absolute atomic E-state index is 13.2. The molecule has 1 fully saturated rings. The lowest BCUT2D eigenvalue weighted by molar-refractivity contribution is 0.0654. The first-order chi connectivity index (χ1) is 16.9. The van der Waals surface area contributed by atoms with E-state index >= 15 is 0 Å². The summed E-state index contributed by atoms with van der Waals surface area (Å²) in [6.07, 6.45) is 8.82. The molecule has 1 saturated heterocycles. The molecule has 184 valence electrons. The van der Waals surface area contributed by atoms with E-state index in [1.165, 1.54) is 36.0 Å². The second kappa shape index (κ2) is 12.7. The highest BCUT2D eigenvalue weighted by atomic mass is 19.1. The van der Waals surface area contributed by atoms with Gasteiger partial charge in [-0.15, -0.1) is 0 Å². The predicted molar refractivity (Wildman–Crippen MR) is 140 cm³/mol. The SMILES string of the molecule is C=C/C(C)=C\N=CCn1c(=O)c(N)nc2ccc(-c3ccc(F)cc3)nc21.CCC1CCOCC1. The number of halogens is 1. The number of hydrogen-bond donors (Lipinski definition) is 1. The fourth-order valence-electron chi connectivity index (χ4n) is 3.60. The minimum Gasteiger partial charge on any atom is -0.381 e. The van der Waals surface area contributed by atoms with Crippen LogP contribution in [0.15, 0.2) is 70.6 Å². The summed E-state index contributed by atoms with van der Waals surface area (Å²) in [6, 6.07) is 9.45. The Morgan fingerprint density at radius 1 is 1.23 bits per heavy atom.